The van der Waals surface area contributed by atoms with Gasteiger partial charge in [0.1, 0.15) is 6.04 Å². The van der Waals surface area contributed by atoms with Gasteiger partial charge in [-0.1, -0.05) is 19.1 Å². The van der Waals surface area contributed by atoms with Crippen molar-refractivity contribution in [2.24, 2.45) is 0 Å². The fraction of sp³-hybridized carbons (Fsp3) is 0.250. The van der Waals surface area contributed by atoms with Gasteiger partial charge in [-0.25, -0.2) is 10.5 Å². The zero-order chi connectivity index (χ0) is 13.1. The molecule has 0 bridgehead atoms. The second kappa shape index (κ2) is 4.97. The second-order valence-electron chi connectivity index (χ2n) is 3.87. The average Bonchev–Trinajstić information content (AvgIpc) is 2.42. The summed E-state index contributed by atoms with van der Waals surface area (Å²) in [4.78, 5) is 27.8. The third-order valence-electron chi connectivity index (χ3n) is 2.83. The third-order valence-corrected chi connectivity index (χ3v) is 2.83. The lowest BCUT2D eigenvalue weighted by atomic mass is 10.2. The minimum atomic E-state index is -0.764. The highest BCUT2D eigenvalue weighted by Gasteiger charge is 2.19. The van der Waals surface area contributed by atoms with Crippen LogP contribution in [0.2, 0.25) is 0 Å². The Morgan fingerprint density at radius 1 is 1.50 bits per heavy atom. The van der Waals surface area contributed by atoms with Crippen LogP contribution in [-0.4, -0.2) is 20.7 Å². The highest BCUT2D eigenvalue weighted by molar-refractivity contribution is 5.80. The summed E-state index contributed by atoms with van der Waals surface area (Å²) in [6.07, 6.45) is 1.71. The van der Waals surface area contributed by atoms with Crippen molar-refractivity contribution in [3.05, 3.63) is 40.9 Å². The standard InChI is InChI=1S/C12H13N3O3/c1-2-10(11(16)14-18)15-7-13-9-6-4-3-5-8(9)12(15)17/h3-7,10,18H,2H2,1H3,(H,14,16)/t10-/m1/s1. The maximum absolute atomic E-state index is 12.2. The first kappa shape index (κ1) is 12.3. The summed E-state index contributed by atoms with van der Waals surface area (Å²) in [5.74, 6) is -0.628. The Morgan fingerprint density at radius 3 is 2.89 bits per heavy atom. The number of carbonyl (C=O) groups is 1. The lowest BCUT2D eigenvalue weighted by molar-refractivity contribution is -0.132. The highest BCUT2D eigenvalue weighted by atomic mass is 16.5. The third kappa shape index (κ3) is 1.98. The molecule has 2 N–H and O–H groups in total. The molecule has 0 fully saturated rings. The normalized spacial score (nSPS) is 12.3. The molecule has 0 unspecified atom stereocenters. The number of nitrogens with one attached hydrogen (secondary N) is 1. The van der Waals surface area contributed by atoms with Gasteiger partial charge in [0.05, 0.1) is 17.2 Å². The Hall–Kier alpha value is -2.21. The van der Waals surface area contributed by atoms with Gasteiger partial charge in [-0.15, -0.1) is 0 Å². The van der Waals surface area contributed by atoms with Crippen LogP contribution in [0.15, 0.2) is 35.4 Å². The largest absolute Gasteiger partial charge is 0.289 e. The van der Waals surface area contributed by atoms with Gasteiger partial charge in [-0.2, -0.15) is 0 Å². The fourth-order valence-electron chi connectivity index (χ4n) is 1.89. The summed E-state index contributed by atoms with van der Waals surface area (Å²) in [5.41, 5.74) is 1.85. The van der Waals surface area contributed by atoms with Crippen LogP contribution >= 0.6 is 0 Å². The van der Waals surface area contributed by atoms with Gasteiger partial charge in [0.25, 0.3) is 11.5 Å². The predicted octanol–water partition coefficient (Wildman–Crippen LogP) is 0.853. The highest BCUT2D eigenvalue weighted by Crippen LogP contribution is 2.11. The molecule has 2 rings (SSSR count). The van der Waals surface area contributed by atoms with E-state index < -0.39 is 11.9 Å². The van der Waals surface area contributed by atoms with Gasteiger partial charge in [0, 0.05) is 0 Å². The molecule has 2 aromatic rings. The van der Waals surface area contributed by atoms with Crippen LogP contribution in [0.3, 0.4) is 0 Å². The average molecular weight is 247 g/mol. The SMILES string of the molecule is CC[C@H](C(=O)NO)n1cnc2ccccc2c1=O. The molecular formula is C12H13N3O3. The Labute approximate surface area is 103 Å². The number of aromatic nitrogens is 2. The van der Waals surface area contributed by atoms with Crippen molar-refractivity contribution in [2.45, 2.75) is 19.4 Å². The van der Waals surface area contributed by atoms with Crippen molar-refractivity contribution >= 4 is 16.8 Å². The molecule has 6 heteroatoms. The monoisotopic (exact) mass is 247 g/mol. The summed E-state index contributed by atoms with van der Waals surface area (Å²) in [6.45, 7) is 1.75. The number of fused-ring (bicyclic) bond motifs is 1. The topological polar surface area (TPSA) is 84.2 Å². The van der Waals surface area contributed by atoms with Crippen LogP contribution in [0.1, 0.15) is 19.4 Å². The molecule has 1 heterocycles. The van der Waals surface area contributed by atoms with E-state index in [9.17, 15) is 9.59 Å². The molecule has 0 saturated heterocycles. The predicted molar refractivity (Wildman–Crippen MR) is 65.3 cm³/mol. The van der Waals surface area contributed by atoms with Crippen LogP contribution in [0, 0.1) is 0 Å². The molecule has 0 saturated carbocycles. The van der Waals surface area contributed by atoms with Crippen LogP contribution in [0.4, 0.5) is 0 Å². The molecule has 1 aromatic heterocycles. The Morgan fingerprint density at radius 2 is 2.22 bits per heavy atom. The quantitative estimate of drug-likeness (QED) is 0.622. The number of para-hydroxylation sites is 1. The zero-order valence-electron chi connectivity index (χ0n) is 9.83. The van der Waals surface area contributed by atoms with Crippen molar-refractivity contribution in [2.75, 3.05) is 0 Å². The van der Waals surface area contributed by atoms with Crippen LogP contribution in [0.25, 0.3) is 10.9 Å². The second-order valence-corrected chi connectivity index (χ2v) is 3.87. The lowest BCUT2D eigenvalue weighted by Crippen LogP contribution is -2.35. The number of nitrogens with zero attached hydrogens (tertiary/aromatic N) is 2. The fourth-order valence-corrected chi connectivity index (χ4v) is 1.89. The Balaban J connectivity index is 2.61. The van der Waals surface area contributed by atoms with E-state index in [0.717, 1.165) is 0 Å². The number of hydrogen-bond donors (Lipinski definition) is 2. The van der Waals surface area contributed by atoms with Crippen LogP contribution in [-0.2, 0) is 4.79 Å². The minimum Gasteiger partial charge on any atom is -0.289 e. The maximum atomic E-state index is 12.2. The van der Waals surface area contributed by atoms with E-state index in [1.807, 2.05) is 0 Å². The summed E-state index contributed by atoms with van der Waals surface area (Å²) >= 11 is 0. The van der Waals surface area contributed by atoms with Gasteiger partial charge in [-0.3, -0.25) is 19.4 Å². The maximum Gasteiger partial charge on any atom is 0.266 e. The molecule has 1 aromatic carbocycles. The van der Waals surface area contributed by atoms with Crippen LogP contribution < -0.4 is 11.0 Å². The van der Waals surface area contributed by atoms with Gasteiger partial charge in [0.2, 0.25) is 0 Å². The van der Waals surface area contributed by atoms with E-state index in [0.29, 0.717) is 17.3 Å². The lowest BCUT2D eigenvalue weighted by Gasteiger charge is -2.15. The molecule has 0 aliphatic rings. The van der Waals surface area contributed by atoms with E-state index >= 15 is 0 Å². The number of hydroxylamine groups is 1. The number of amides is 1. The van der Waals surface area contributed by atoms with E-state index in [2.05, 4.69) is 4.98 Å². The van der Waals surface area contributed by atoms with Crippen molar-refractivity contribution in [3.63, 3.8) is 0 Å². The van der Waals surface area contributed by atoms with E-state index in [1.54, 1.807) is 36.7 Å². The molecule has 1 amide bonds. The first-order valence-corrected chi connectivity index (χ1v) is 5.59. The molecule has 0 aliphatic heterocycles. The Kier molecular flexibility index (Phi) is 3.38. The summed E-state index contributed by atoms with van der Waals surface area (Å²) < 4.78 is 1.23. The molecule has 18 heavy (non-hydrogen) atoms. The molecule has 0 aliphatic carbocycles. The summed E-state index contributed by atoms with van der Waals surface area (Å²) in [5, 5.41) is 9.11. The van der Waals surface area contributed by atoms with Crippen molar-refractivity contribution in [3.8, 4) is 0 Å². The summed E-state index contributed by atoms with van der Waals surface area (Å²) in [7, 11) is 0. The van der Waals surface area contributed by atoms with Crippen molar-refractivity contribution in [1.29, 1.82) is 0 Å². The molecule has 6 nitrogen and oxygen atoms in total. The zero-order valence-corrected chi connectivity index (χ0v) is 9.83. The molecular weight excluding hydrogens is 234 g/mol. The van der Waals surface area contributed by atoms with Crippen molar-refractivity contribution < 1.29 is 10.0 Å². The van der Waals surface area contributed by atoms with Crippen LogP contribution in [0.5, 0.6) is 0 Å². The number of benzene rings is 1. The van der Waals surface area contributed by atoms with Gasteiger partial charge < -0.3 is 0 Å². The molecule has 1 atom stereocenters. The van der Waals surface area contributed by atoms with E-state index in [-0.39, 0.29) is 5.56 Å². The van der Waals surface area contributed by atoms with E-state index in [4.69, 9.17) is 5.21 Å². The van der Waals surface area contributed by atoms with Gasteiger partial charge >= 0.3 is 0 Å². The molecule has 0 radical (unpaired) electrons. The minimum absolute atomic E-state index is 0.295. The Bertz CT molecular complexity index is 636. The van der Waals surface area contributed by atoms with Gasteiger partial charge in [-0.05, 0) is 18.6 Å². The molecule has 0 spiro atoms. The summed E-state index contributed by atoms with van der Waals surface area (Å²) in [6, 6.07) is 6.15. The number of carbonyl (C=O) groups excluding carboxylic acids is 1. The van der Waals surface area contributed by atoms with Crippen molar-refractivity contribution in [1.82, 2.24) is 15.0 Å². The number of hydrogen-bond acceptors (Lipinski definition) is 4. The first-order valence-electron chi connectivity index (χ1n) is 5.59. The smallest absolute Gasteiger partial charge is 0.266 e. The number of rotatable bonds is 3. The first-order chi connectivity index (χ1) is 8.69. The molecule has 94 valence electrons. The van der Waals surface area contributed by atoms with E-state index in [1.165, 1.54) is 10.9 Å². The van der Waals surface area contributed by atoms with Gasteiger partial charge in [0.15, 0.2) is 0 Å².